The van der Waals surface area contributed by atoms with E-state index in [0.29, 0.717) is 29.9 Å². The van der Waals surface area contributed by atoms with Gasteiger partial charge in [0.25, 0.3) is 21.5 Å². The fourth-order valence-electron chi connectivity index (χ4n) is 4.51. The molecule has 190 valence electrons. The molecule has 9 heteroatoms. The molecule has 1 atom stereocenters. The van der Waals surface area contributed by atoms with Gasteiger partial charge in [0.05, 0.1) is 11.3 Å². The highest BCUT2D eigenvalue weighted by Gasteiger charge is 2.41. The lowest BCUT2D eigenvalue weighted by Gasteiger charge is -2.36. The molecule has 0 radical (unpaired) electrons. The third-order valence-electron chi connectivity index (χ3n) is 7.21. The van der Waals surface area contributed by atoms with Crippen LogP contribution < -0.4 is 15.2 Å². The van der Waals surface area contributed by atoms with Gasteiger partial charge in [-0.2, -0.15) is 0 Å². The van der Waals surface area contributed by atoms with Crippen LogP contribution in [0.2, 0.25) is 0 Å². The van der Waals surface area contributed by atoms with Gasteiger partial charge in [-0.1, -0.05) is 39.0 Å². The predicted octanol–water partition coefficient (Wildman–Crippen LogP) is 4.30. The van der Waals surface area contributed by atoms with Crippen molar-refractivity contribution in [3.63, 3.8) is 0 Å². The van der Waals surface area contributed by atoms with Crippen LogP contribution in [0.1, 0.15) is 62.9 Å². The second-order valence-corrected chi connectivity index (χ2v) is 11.8. The van der Waals surface area contributed by atoms with E-state index in [0.717, 1.165) is 18.1 Å². The highest BCUT2D eigenvalue weighted by atomic mass is 32.2. The molecule has 8 nitrogen and oxygen atoms in total. The minimum atomic E-state index is -4.39. The minimum Gasteiger partial charge on any atom is -0.351 e. The Labute approximate surface area is 211 Å². The molecule has 4 rings (SSSR count). The molecule has 1 unspecified atom stereocenters. The monoisotopic (exact) mass is 508 g/mol. The molecule has 0 saturated carbocycles. The highest BCUT2D eigenvalue weighted by Crippen LogP contribution is 2.39. The number of nitrogens with zero attached hydrogens (tertiary/aromatic N) is 2. The summed E-state index contributed by atoms with van der Waals surface area (Å²) in [5.74, 6) is 0.277. The van der Waals surface area contributed by atoms with Crippen LogP contribution in [0.5, 0.6) is 0 Å². The molecule has 36 heavy (non-hydrogen) atoms. The third-order valence-corrected chi connectivity index (χ3v) is 8.57. The second kappa shape index (κ2) is 9.54. The number of rotatable bonds is 6. The van der Waals surface area contributed by atoms with E-state index in [1.807, 2.05) is 12.1 Å². The van der Waals surface area contributed by atoms with E-state index in [1.54, 1.807) is 12.1 Å². The Morgan fingerprint density at radius 1 is 1.17 bits per heavy atom. The first kappa shape index (κ1) is 25.6. The molecule has 0 bridgehead atoms. The first-order chi connectivity index (χ1) is 16.9. The van der Waals surface area contributed by atoms with E-state index in [-0.39, 0.29) is 11.1 Å². The summed E-state index contributed by atoms with van der Waals surface area (Å²) in [4.78, 5) is 34.2. The number of aromatic amines is 1. The second-order valence-electron chi connectivity index (χ2n) is 10.1. The Morgan fingerprint density at radius 2 is 1.92 bits per heavy atom. The molecule has 1 aliphatic heterocycles. The van der Waals surface area contributed by atoms with Crippen LogP contribution in [0.15, 0.2) is 64.4 Å². The number of sulfonamides is 1. The van der Waals surface area contributed by atoms with Gasteiger partial charge in [0.2, 0.25) is 0 Å². The van der Waals surface area contributed by atoms with Crippen LogP contribution in [-0.2, 0) is 10.0 Å². The van der Waals surface area contributed by atoms with Gasteiger partial charge in [-0.15, -0.1) is 0 Å². The van der Waals surface area contributed by atoms with Crippen molar-refractivity contribution < 1.29 is 13.2 Å². The number of hydrogen-bond donors (Lipinski definition) is 2. The first-order valence-corrected chi connectivity index (χ1v) is 13.5. The molecule has 1 saturated heterocycles. The van der Waals surface area contributed by atoms with Crippen LogP contribution in [0.3, 0.4) is 0 Å². The molecule has 1 fully saturated rings. The average molecular weight is 509 g/mol. The quantitative estimate of drug-likeness (QED) is 0.513. The fraction of sp³-hybridized carbons (Fsp3) is 0.370. The average Bonchev–Trinajstić information content (AvgIpc) is 3.10. The number of carbonyl (C=O) groups excluding carboxylic acids is 1. The molecule has 1 amide bonds. The third kappa shape index (κ3) is 4.80. The van der Waals surface area contributed by atoms with Crippen molar-refractivity contribution >= 4 is 21.7 Å². The van der Waals surface area contributed by atoms with Crippen molar-refractivity contribution in [2.24, 2.45) is 5.92 Å². The molecule has 3 aromatic rings. The molecule has 2 N–H and O–H groups in total. The number of anilines is 1. The lowest BCUT2D eigenvalue weighted by atomic mass is 9.90. The SMILES string of the molecule is CC(C)c1cccc(-c2ccc(C(=O)NS(=O)(=O)c3ccc[nH]c3=O)c(N3CCC(C)C3(C)C)n2)c1. The number of nitrogens with one attached hydrogen (secondary N) is 2. The van der Waals surface area contributed by atoms with E-state index in [1.165, 1.54) is 17.8 Å². The van der Waals surface area contributed by atoms with Crippen molar-refractivity contribution in [1.29, 1.82) is 0 Å². The summed E-state index contributed by atoms with van der Waals surface area (Å²) in [7, 11) is -4.39. The van der Waals surface area contributed by atoms with Gasteiger partial charge in [-0.05, 0) is 68.0 Å². The normalized spacial score (nSPS) is 17.4. The lowest BCUT2D eigenvalue weighted by molar-refractivity contribution is 0.0981. The van der Waals surface area contributed by atoms with Crippen molar-refractivity contribution in [3.8, 4) is 11.3 Å². The largest absolute Gasteiger partial charge is 0.351 e. The summed E-state index contributed by atoms with van der Waals surface area (Å²) in [5.41, 5.74) is 1.83. The maximum absolute atomic E-state index is 13.3. The number of H-pyrrole nitrogens is 1. The summed E-state index contributed by atoms with van der Waals surface area (Å²) < 4.78 is 27.8. The van der Waals surface area contributed by atoms with Gasteiger partial charge < -0.3 is 9.88 Å². The van der Waals surface area contributed by atoms with E-state index in [2.05, 4.69) is 61.4 Å². The summed E-state index contributed by atoms with van der Waals surface area (Å²) in [6.45, 7) is 11.3. The maximum atomic E-state index is 13.3. The highest BCUT2D eigenvalue weighted by molar-refractivity contribution is 7.90. The van der Waals surface area contributed by atoms with Crippen LogP contribution in [0.4, 0.5) is 5.82 Å². The van der Waals surface area contributed by atoms with Gasteiger partial charge in [-0.25, -0.2) is 18.1 Å². The van der Waals surface area contributed by atoms with Gasteiger partial charge >= 0.3 is 0 Å². The molecular formula is C27H32N4O4S. The number of amides is 1. The van der Waals surface area contributed by atoms with Gasteiger partial charge in [0, 0.05) is 23.8 Å². The predicted molar refractivity (Wildman–Crippen MR) is 141 cm³/mol. The number of pyridine rings is 2. The molecular weight excluding hydrogens is 476 g/mol. The molecule has 2 aromatic heterocycles. The summed E-state index contributed by atoms with van der Waals surface area (Å²) in [6.07, 6.45) is 2.25. The summed E-state index contributed by atoms with van der Waals surface area (Å²) in [5, 5.41) is 0. The van der Waals surface area contributed by atoms with Crippen molar-refractivity contribution in [1.82, 2.24) is 14.7 Å². The standard InChI is InChI=1S/C27H32N4O4S/c1-17(2)19-8-6-9-20(16-19)22-12-11-21(24(29-22)31-15-13-18(3)27(31,4)5)25(32)30-36(34,35)23-10-7-14-28-26(23)33/h6-12,14,16-18H,13,15H2,1-5H3,(H,28,33)(H,30,32). The van der Waals surface area contributed by atoms with Crippen LogP contribution in [0.25, 0.3) is 11.3 Å². The Morgan fingerprint density at radius 3 is 2.56 bits per heavy atom. The Bertz CT molecular complexity index is 1460. The molecule has 3 heterocycles. The van der Waals surface area contributed by atoms with E-state index >= 15 is 0 Å². The number of hydrogen-bond acceptors (Lipinski definition) is 6. The minimum absolute atomic E-state index is 0.136. The zero-order valence-corrected chi connectivity index (χ0v) is 22.0. The lowest BCUT2D eigenvalue weighted by Crippen LogP contribution is -2.44. The summed E-state index contributed by atoms with van der Waals surface area (Å²) >= 11 is 0. The van der Waals surface area contributed by atoms with Gasteiger partial charge in [0.1, 0.15) is 5.82 Å². The smallest absolute Gasteiger partial charge is 0.269 e. The van der Waals surface area contributed by atoms with Crippen molar-refractivity contribution in [2.75, 3.05) is 11.4 Å². The fourth-order valence-corrected chi connectivity index (χ4v) is 5.53. The topological polar surface area (TPSA) is 112 Å². The number of carbonyl (C=O) groups is 1. The molecule has 0 spiro atoms. The molecule has 1 aromatic carbocycles. The number of benzene rings is 1. The van der Waals surface area contributed by atoms with Crippen LogP contribution in [0, 0.1) is 5.92 Å². The Balaban J connectivity index is 1.80. The maximum Gasteiger partial charge on any atom is 0.269 e. The molecule has 1 aliphatic rings. The van der Waals surface area contributed by atoms with Crippen molar-refractivity contribution in [3.05, 3.63) is 76.2 Å². The molecule has 0 aliphatic carbocycles. The van der Waals surface area contributed by atoms with Gasteiger partial charge in [0.15, 0.2) is 4.90 Å². The van der Waals surface area contributed by atoms with Crippen molar-refractivity contribution in [2.45, 2.75) is 57.4 Å². The number of aromatic nitrogens is 2. The zero-order valence-electron chi connectivity index (χ0n) is 21.2. The van der Waals surface area contributed by atoms with Crippen LogP contribution >= 0.6 is 0 Å². The van der Waals surface area contributed by atoms with E-state index in [9.17, 15) is 18.0 Å². The van der Waals surface area contributed by atoms with E-state index in [4.69, 9.17) is 4.98 Å². The Kier molecular flexibility index (Phi) is 6.79. The zero-order chi connectivity index (χ0) is 26.3. The summed E-state index contributed by atoms with van der Waals surface area (Å²) in [6, 6.07) is 14.0. The first-order valence-electron chi connectivity index (χ1n) is 12.1. The Hall–Kier alpha value is -3.46. The van der Waals surface area contributed by atoms with Crippen LogP contribution in [-0.4, -0.2) is 36.4 Å². The van der Waals surface area contributed by atoms with Gasteiger partial charge in [-0.3, -0.25) is 9.59 Å². The van der Waals surface area contributed by atoms with E-state index < -0.39 is 26.4 Å².